The van der Waals surface area contributed by atoms with Gasteiger partial charge in [-0.05, 0) is 80.5 Å². The molecule has 3 fully saturated rings. The molecule has 2 aromatic carbocycles. The Morgan fingerprint density at radius 1 is 1.05 bits per heavy atom. The van der Waals surface area contributed by atoms with Crippen molar-refractivity contribution in [1.29, 1.82) is 0 Å². The maximum absolute atomic E-state index is 13.3. The Hall–Kier alpha value is -2.61. The van der Waals surface area contributed by atoms with Gasteiger partial charge in [0.1, 0.15) is 18.5 Å². The predicted octanol–water partition coefficient (Wildman–Crippen LogP) is 2.76. The third-order valence-corrected chi connectivity index (χ3v) is 12.2. The Bertz CT molecular complexity index is 1640. The van der Waals surface area contributed by atoms with Crippen LogP contribution in [0.2, 0.25) is 0 Å². The number of pyridine rings is 1. The zero-order valence-corrected chi connectivity index (χ0v) is 25.0. The van der Waals surface area contributed by atoms with Crippen molar-refractivity contribution in [2.24, 2.45) is 5.92 Å². The molecule has 1 aromatic heterocycles. The molecule has 2 atom stereocenters. The second-order valence-electron chi connectivity index (χ2n) is 11.7. The van der Waals surface area contributed by atoms with Crippen LogP contribution in [0.5, 0.6) is 5.75 Å². The lowest BCUT2D eigenvalue weighted by atomic mass is 9.88. The van der Waals surface area contributed by atoms with Crippen molar-refractivity contribution in [2.75, 3.05) is 38.6 Å². The molecule has 2 saturated heterocycles. The lowest BCUT2D eigenvalue weighted by Gasteiger charge is -2.38. The van der Waals surface area contributed by atoms with Gasteiger partial charge in [-0.2, -0.15) is 4.31 Å². The smallest absolute Gasteiger partial charge is 0.243 e. The number of sulfone groups is 1. The molecule has 12 heteroatoms. The molecule has 0 amide bonds. The van der Waals surface area contributed by atoms with Gasteiger partial charge in [0, 0.05) is 37.3 Å². The molecule has 42 heavy (non-hydrogen) atoms. The minimum Gasteiger partial charge on any atom is -0.491 e. The summed E-state index contributed by atoms with van der Waals surface area (Å²) in [7, 11) is -6.96. The minimum atomic E-state index is -3.62. The van der Waals surface area contributed by atoms with E-state index in [9.17, 15) is 21.9 Å². The second-order valence-corrected chi connectivity index (χ2v) is 15.7. The van der Waals surface area contributed by atoms with Crippen LogP contribution in [0.25, 0.3) is 10.9 Å². The Kier molecular flexibility index (Phi) is 8.29. The fraction of sp³-hybridized carbons (Fsp3) is 0.500. The highest BCUT2D eigenvalue weighted by molar-refractivity contribution is 7.91. The zero-order chi connectivity index (χ0) is 29.4. The summed E-state index contributed by atoms with van der Waals surface area (Å²) >= 11 is 0. The number of aromatic nitrogens is 1. The van der Waals surface area contributed by atoms with E-state index in [2.05, 4.69) is 10.3 Å². The van der Waals surface area contributed by atoms with Gasteiger partial charge in [0.15, 0.2) is 9.84 Å². The van der Waals surface area contributed by atoms with Crippen molar-refractivity contribution in [3.8, 4) is 5.75 Å². The molecule has 6 rings (SSSR count). The second kappa shape index (κ2) is 11.8. The van der Waals surface area contributed by atoms with E-state index < -0.39 is 26.0 Å². The van der Waals surface area contributed by atoms with Crippen LogP contribution in [-0.2, 0) is 24.6 Å². The predicted molar refractivity (Wildman–Crippen MR) is 158 cm³/mol. The number of aliphatic hydroxyl groups is 1. The van der Waals surface area contributed by atoms with E-state index in [0.29, 0.717) is 44.8 Å². The fourth-order valence-corrected chi connectivity index (χ4v) is 9.03. The Morgan fingerprint density at radius 2 is 1.86 bits per heavy atom. The SMILES string of the molecule is O=S(=O)(CC1CC1)c1cccc(OCC(O)CNC2COC3(CCN(S(=O)(=O)c4ccc5ncccc5c4)CC3)C2)c1. The molecule has 2 N–H and O–H groups in total. The monoisotopic (exact) mass is 615 g/mol. The molecule has 0 radical (unpaired) electrons. The van der Waals surface area contributed by atoms with Gasteiger partial charge >= 0.3 is 0 Å². The van der Waals surface area contributed by atoms with Gasteiger partial charge in [-0.1, -0.05) is 12.1 Å². The number of aliphatic hydroxyl groups excluding tert-OH is 1. The van der Waals surface area contributed by atoms with Gasteiger partial charge in [-0.15, -0.1) is 0 Å². The van der Waals surface area contributed by atoms with Gasteiger partial charge in [-0.3, -0.25) is 4.98 Å². The molecule has 3 heterocycles. The maximum atomic E-state index is 13.3. The highest BCUT2D eigenvalue weighted by atomic mass is 32.2. The number of piperidine rings is 1. The number of rotatable bonds is 11. The van der Waals surface area contributed by atoms with Crippen LogP contribution < -0.4 is 10.1 Å². The van der Waals surface area contributed by atoms with E-state index in [4.69, 9.17) is 9.47 Å². The lowest BCUT2D eigenvalue weighted by molar-refractivity contribution is -0.0312. The summed E-state index contributed by atoms with van der Waals surface area (Å²) in [5, 5.41) is 14.6. The number of hydrogen-bond acceptors (Lipinski definition) is 9. The summed E-state index contributed by atoms with van der Waals surface area (Å²) in [4.78, 5) is 4.79. The first-order chi connectivity index (χ1) is 20.1. The number of benzene rings is 2. The molecule has 3 aliphatic rings. The highest BCUT2D eigenvalue weighted by Crippen LogP contribution is 2.38. The van der Waals surface area contributed by atoms with E-state index in [0.717, 1.165) is 30.2 Å². The van der Waals surface area contributed by atoms with E-state index >= 15 is 0 Å². The highest BCUT2D eigenvalue weighted by Gasteiger charge is 2.44. The number of hydrogen-bond donors (Lipinski definition) is 2. The van der Waals surface area contributed by atoms with Crippen LogP contribution in [0.1, 0.15) is 32.1 Å². The first-order valence-corrected chi connectivity index (χ1v) is 17.6. The van der Waals surface area contributed by atoms with Crippen LogP contribution in [0.3, 0.4) is 0 Å². The molecule has 10 nitrogen and oxygen atoms in total. The topological polar surface area (TPSA) is 135 Å². The minimum absolute atomic E-state index is 0.0233. The number of fused-ring (bicyclic) bond motifs is 1. The average Bonchev–Trinajstić information content (AvgIpc) is 3.72. The molecular weight excluding hydrogens is 578 g/mol. The van der Waals surface area contributed by atoms with Crippen LogP contribution in [-0.4, -0.2) is 87.6 Å². The van der Waals surface area contributed by atoms with Crippen molar-refractivity contribution in [1.82, 2.24) is 14.6 Å². The summed E-state index contributed by atoms with van der Waals surface area (Å²) < 4.78 is 65.2. The standard InChI is InChI=1S/C30H37N3O7S2/c34-25(20-39-26-4-1-5-27(16-26)41(35,36)21-22-6-7-22)18-32-24-17-30(40-19-24)10-13-33(14-11-30)42(37,38)28-8-9-29-23(15-28)3-2-12-31-29/h1-5,8-9,12,15-16,22,24-25,32,34H,6-7,10-11,13-14,17-21H2. The van der Waals surface area contributed by atoms with Crippen molar-refractivity contribution in [3.63, 3.8) is 0 Å². The maximum Gasteiger partial charge on any atom is 0.243 e. The molecule has 1 spiro atoms. The summed E-state index contributed by atoms with van der Waals surface area (Å²) in [6.07, 6.45) is 4.76. The summed E-state index contributed by atoms with van der Waals surface area (Å²) in [5.41, 5.74) is 0.373. The third-order valence-electron chi connectivity index (χ3n) is 8.46. The van der Waals surface area contributed by atoms with Crippen molar-refractivity contribution < 1.29 is 31.4 Å². The number of sulfonamides is 1. The van der Waals surface area contributed by atoms with Crippen molar-refractivity contribution in [2.45, 2.75) is 59.6 Å². The average molecular weight is 616 g/mol. The Labute approximate surface area is 247 Å². The number of nitrogens with one attached hydrogen (secondary N) is 1. The van der Waals surface area contributed by atoms with Crippen LogP contribution in [0.4, 0.5) is 0 Å². The zero-order valence-electron chi connectivity index (χ0n) is 23.4. The van der Waals surface area contributed by atoms with Crippen LogP contribution >= 0.6 is 0 Å². The normalized spacial score (nSPS) is 22.0. The molecule has 226 valence electrons. The van der Waals surface area contributed by atoms with Crippen LogP contribution in [0, 0.1) is 5.92 Å². The van der Waals surface area contributed by atoms with Gasteiger partial charge < -0.3 is 19.9 Å². The number of nitrogens with zero attached hydrogens (tertiary/aromatic N) is 2. The van der Waals surface area contributed by atoms with E-state index in [1.54, 1.807) is 48.7 Å². The summed E-state index contributed by atoms with van der Waals surface area (Å²) in [6.45, 7) is 1.56. The van der Waals surface area contributed by atoms with Gasteiger partial charge in [-0.25, -0.2) is 16.8 Å². The first kappa shape index (κ1) is 29.5. The number of ether oxygens (including phenoxy) is 2. The molecule has 0 bridgehead atoms. The van der Waals surface area contributed by atoms with Crippen molar-refractivity contribution in [3.05, 3.63) is 60.8 Å². The molecular formula is C30H37N3O7S2. The summed E-state index contributed by atoms with van der Waals surface area (Å²) in [6, 6.07) is 15.2. The molecule has 3 aromatic rings. The van der Waals surface area contributed by atoms with Gasteiger partial charge in [0.2, 0.25) is 10.0 Å². The first-order valence-electron chi connectivity index (χ1n) is 14.5. The quantitative estimate of drug-likeness (QED) is 0.334. The molecule has 1 saturated carbocycles. The molecule has 2 aliphatic heterocycles. The van der Waals surface area contributed by atoms with E-state index in [1.165, 1.54) is 10.4 Å². The largest absolute Gasteiger partial charge is 0.491 e. The third kappa shape index (κ3) is 6.63. The fourth-order valence-electron chi connectivity index (χ4n) is 5.82. The lowest BCUT2D eigenvalue weighted by Crippen LogP contribution is -2.47. The van der Waals surface area contributed by atoms with Crippen LogP contribution in [0.15, 0.2) is 70.6 Å². The summed E-state index contributed by atoms with van der Waals surface area (Å²) in [5.74, 6) is 0.848. The van der Waals surface area contributed by atoms with E-state index in [1.807, 2.05) is 6.07 Å². The van der Waals surface area contributed by atoms with Gasteiger partial charge in [0.25, 0.3) is 0 Å². The van der Waals surface area contributed by atoms with Crippen molar-refractivity contribution >= 4 is 30.8 Å². The van der Waals surface area contributed by atoms with E-state index in [-0.39, 0.29) is 39.7 Å². The van der Waals surface area contributed by atoms with Gasteiger partial charge in [0.05, 0.1) is 33.3 Å². The molecule has 1 aliphatic carbocycles. The Morgan fingerprint density at radius 3 is 2.64 bits per heavy atom. The molecule has 2 unspecified atom stereocenters. The Balaban J connectivity index is 0.962.